The minimum Gasteiger partial charge on any atom is -0.272 e. The van der Waals surface area contributed by atoms with E-state index in [0.29, 0.717) is 18.5 Å². The Balaban J connectivity index is 1.84. The van der Waals surface area contributed by atoms with Crippen LogP contribution in [0.2, 0.25) is 0 Å². The summed E-state index contributed by atoms with van der Waals surface area (Å²) in [4.78, 5) is 0.287. The van der Waals surface area contributed by atoms with Crippen LogP contribution in [0.25, 0.3) is 0 Å². The number of nitrogens with zero attached hydrogens (tertiary/aromatic N) is 2. The second-order valence-corrected chi connectivity index (χ2v) is 8.32. The van der Waals surface area contributed by atoms with Gasteiger partial charge in [-0.05, 0) is 48.7 Å². The molecule has 0 bridgehead atoms. The lowest BCUT2D eigenvalue weighted by atomic mass is 9.93. The molecule has 0 aliphatic carbocycles. The number of rotatable bonds is 5. The molecule has 1 aliphatic heterocycles. The first-order chi connectivity index (χ1) is 12.4. The predicted octanol–water partition coefficient (Wildman–Crippen LogP) is 3.80. The van der Waals surface area contributed by atoms with E-state index in [1.54, 1.807) is 42.6 Å². The van der Waals surface area contributed by atoms with Crippen molar-refractivity contribution in [2.24, 2.45) is 5.92 Å². The summed E-state index contributed by atoms with van der Waals surface area (Å²) in [5.41, 5.74) is 3.52. The Morgan fingerprint density at radius 2 is 2.00 bits per heavy atom. The summed E-state index contributed by atoms with van der Waals surface area (Å²) >= 11 is 0. The van der Waals surface area contributed by atoms with Crippen molar-refractivity contribution in [2.45, 2.75) is 18.2 Å². The maximum atomic E-state index is 12.9. The zero-order chi connectivity index (χ0) is 18.7. The molecule has 0 amide bonds. The lowest BCUT2D eigenvalue weighted by Crippen LogP contribution is -2.27. The summed E-state index contributed by atoms with van der Waals surface area (Å²) in [5.74, 6) is 0.0154. The zero-order valence-corrected chi connectivity index (χ0v) is 15.4. The van der Waals surface area contributed by atoms with E-state index in [-0.39, 0.29) is 10.8 Å². The first-order valence-electron chi connectivity index (χ1n) is 8.36. The molecule has 0 radical (unpaired) electrons. The molecule has 1 heterocycles. The van der Waals surface area contributed by atoms with Gasteiger partial charge in [-0.3, -0.25) is 4.31 Å². The highest BCUT2D eigenvalue weighted by Gasteiger charge is 2.31. The van der Waals surface area contributed by atoms with Crippen LogP contribution in [0.15, 0.2) is 77.9 Å². The molecule has 0 fully saturated rings. The van der Waals surface area contributed by atoms with Crippen molar-refractivity contribution < 1.29 is 8.42 Å². The van der Waals surface area contributed by atoms with E-state index < -0.39 is 10.0 Å². The molecule has 0 saturated heterocycles. The minimum absolute atomic E-state index is 0.0154. The summed E-state index contributed by atoms with van der Waals surface area (Å²) in [6.07, 6.45) is 4.04. The van der Waals surface area contributed by atoms with Gasteiger partial charge in [-0.2, -0.15) is 5.26 Å². The van der Waals surface area contributed by atoms with Crippen LogP contribution in [0.1, 0.15) is 16.7 Å². The number of hydrogen-bond acceptors (Lipinski definition) is 3. The van der Waals surface area contributed by atoms with Crippen LogP contribution >= 0.6 is 0 Å². The van der Waals surface area contributed by atoms with Gasteiger partial charge in [-0.25, -0.2) is 8.42 Å². The van der Waals surface area contributed by atoms with Crippen molar-refractivity contribution in [2.75, 3.05) is 6.54 Å². The first-order valence-corrected chi connectivity index (χ1v) is 9.80. The molecule has 0 aromatic heterocycles. The van der Waals surface area contributed by atoms with E-state index in [2.05, 4.69) is 12.6 Å². The van der Waals surface area contributed by atoms with Crippen LogP contribution in [0.5, 0.6) is 0 Å². The number of sulfonamides is 1. The van der Waals surface area contributed by atoms with Crippen LogP contribution in [0, 0.1) is 24.2 Å². The lowest BCUT2D eigenvalue weighted by Gasteiger charge is -2.19. The van der Waals surface area contributed by atoms with Gasteiger partial charge in [0.25, 0.3) is 10.0 Å². The molecule has 0 N–H and O–H groups in total. The topological polar surface area (TPSA) is 61.2 Å². The Morgan fingerprint density at radius 3 is 2.65 bits per heavy atom. The van der Waals surface area contributed by atoms with Crippen molar-refractivity contribution in [3.05, 3.63) is 89.6 Å². The Morgan fingerprint density at radius 1 is 1.27 bits per heavy atom. The third kappa shape index (κ3) is 3.56. The molecule has 26 heavy (non-hydrogen) atoms. The molecule has 2 aromatic rings. The van der Waals surface area contributed by atoms with Gasteiger partial charge in [-0.15, -0.1) is 0 Å². The molecule has 0 saturated carbocycles. The smallest absolute Gasteiger partial charge is 0.263 e. The number of hydrogen-bond donors (Lipinski definition) is 0. The zero-order valence-electron chi connectivity index (χ0n) is 14.6. The fraction of sp³-hybridized carbons (Fsp3) is 0.190. The highest BCUT2D eigenvalue weighted by Crippen LogP contribution is 2.30. The number of nitriles is 1. The van der Waals surface area contributed by atoms with E-state index in [9.17, 15) is 8.42 Å². The van der Waals surface area contributed by atoms with Gasteiger partial charge in [-0.1, -0.05) is 42.5 Å². The fourth-order valence-electron chi connectivity index (χ4n) is 3.11. The first kappa shape index (κ1) is 18.0. The number of aryl methyl sites for hydroxylation is 1. The third-order valence-electron chi connectivity index (χ3n) is 4.57. The lowest BCUT2D eigenvalue weighted by molar-refractivity contribution is 0.477. The summed E-state index contributed by atoms with van der Waals surface area (Å²) in [7, 11) is -3.58. The van der Waals surface area contributed by atoms with Gasteiger partial charge < -0.3 is 0 Å². The SMILES string of the molecule is C=CC1=CN(S(=O)(=O)c2ccc(C)cc2)CC1Cc1cccc(C#N)c1. The van der Waals surface area contributed by atoms with E-state index >= 15 is 0 Å². The van der Waals surface area contributed by atoms with Crippen LogP contribution in [0.4, 0.5) is 0 Å². The molecule has 132 valence electrons. The predicted molar refractivity (Wildman–Crippen MR) is 102 cm³/mol. The molecule has 0 spiro atoms. The Hall–Kier alpha value is -2.84. The quantitative estimate of drug-likeness (QED) is 0.811. The minimum atomic E-state index is -3.58. The van der Waals surface area contributed by atoms with Crippen molar-refractivity contribution in [1.29, 1.82) is 5.26 Å². The van der Waals surface area contributed by atoms with Crippen LogP contribution in [-0.2, 0) is 16.4 Å². The van der Waals surface area contributed by atoms with Crippen molar-refractivity contribution in [3.63, 3.8) is 0 Å². The summed E-state index contributed by atoms with van der Waals surface area (Å²) in [6.45, 7) is 6.12. The van der Waals surface area contributed by atoms with Crippen LogP contribution in [-0.4, -0.2) is 19.3 Å². The Kier molecular flexibility index (Phi) is 4.97. The van der Waals surface area contributed by atoms with Crippen molar-refractivity contribution in [1.82, 2.24) is 4.31 Å². The van der Waals surface area contributed by atoms with Gasteiger partial charge in [0.15, 0.2) is 0 Å². The van der Waals surface area contributed by atoms with E-state index in [0.717, 1.165) is 16.7 Å². The maximum Gasteiger partial charge on any atom is 0.263 e. The van der Waals surface area contributed by atoms with E-state index in [1.165, 1.54) is 4.31 Å². The van der Waals surface area contributed by atoms with Gasteiger partial charge in [0, 0.05) is 18.7 Å². The van der Waals surface area contributed by atoms with Gasteiger partial charge in [0.05, 0.1) is 16.5 Å². The van der Waals surface area contributed by atoms with Gasteiger partial charge in [0.1, 0.15) is 0 Å². The summed E-state index contributed by atoms with van der Waals surface area (Å²) in [5, 5.41) is 9.05. The second-order valence-electron chi connectivity index (χ2n) is 6.43. The molecular formula is C21H20N2O2S. The molecule has 1 atom stereocenters. The molecular weight excluding hydrogens is 344 g/mol. The fourth-order valence-corrected chi connectivity index (χ4v) is 4.50. The highest BCUT2D eigenvalue weighted by molar-refractivity contribution is 7.89. The van der Waals surface area contributed by atoms with Crippen molar-refractivity contribution in [3.8, 4) is 6.07 Å². The molecule has 1 unspecified atom stereocenters. The second kappa shape index (κ2) is 7.19. The molecule has 3 rings (SSSR count). The van der Waals surface area contributed by atoms with Gasteiger partial charge in [0.2, 0.25) is 0 Å². The molecule has 1 aliphatic rings. The number of allylic oxidation sites excluding steroid dienone is 1. The van der Waals surface area contributed by atoms with Crippen molar-refractivity contribution >= 4 is 10.0 Å². The average Bonchev–Trinajstić information content (AvgIpc) is 3.06. The Labute approximate surface area is 154 Å². The van der Waals surface area contributed by atoms with Crippen LogP contribution in [0.3, 0.4) is 0 Å². The monoisotopic (exact) mass is 364 g/mol. The average molecular weight is 364 g/mol. The Bertz CT molecular complexity index is 999. The van der Waals surface area contributed by atoms with Gasteiger partial charge >= 0.3 is 0 Å². The highest BCUT2D eigenvalue weighted by atomic mass is 32.2. The normalized spacial score (nSPS) is 16.8. The van der Waals surface area contributed by atoms with E-state index in [1.807, 2.05) is 25.1 Å². The number of benzene rings is 2. The maximum absolute atomic E-state index is 12.9. The summed E-state index contributed by atoms with van der Waals surface area (Å²) < 4.78 is 27.2. The molecule has 4 nitrogen and oxygen atoms in total. The standard InChI is InChI=1S/C21H20N2O2S/c1-3-19-14-23(26(24,25)21-9-7-16(2)8-10-21)15-20(19)12-17-5-4-6-18(11-17)13-22/h3-11,14,20H,1,12,15H2,2H3. The summed E-state index contributed by atoms with van der Waals surface area (Å²) in [6, 6.07) is 16.4. The van der Waals surface area contributed by atoms with Crippen LogP contribution < -0.4 is 0 Å². The molecule has 5 heteroatoms. The largest absolute Gasteiger partial charge is 0.272 e. The van der Waals surface area contributed by atoms with E-state index in [4.69, 9.17) is 5.26 Å². The third-order valence-corrected chi connectivity index (χ3v) is 6.31. The molecule has 2 aromatic carbocycles.